The fraction of sp³-hybridized carbons (Fsp3) is 0.167. The van der Waals surface area contributed by atoms with E-state index in [2.05, 4.69) is 31.4 Å². The molecule has 0 saturated carbocycles. The van der Waals surface area contributed by atoms with Crippen molar-refractivity contribution in [2.75, 3.05) is 5.32 Å². The highest BCUT2D eigenvalue weighted by atomic mass is 79.9. The van der Waals surface area contributed by atoms with Gasteiger partial charge in [0.1, 0.15) is 5.82 Å². The molecule has 128 valence electrons. The minimum Gasteiger partial charge on any atom is -0.339 e. The van der Waals surface area contributed by atoms with E-state index in [1.54, 1.807) is 6.07 Å². The van der Waals surface area contributed by atoms with Crippen molar-refractivity contribution in [3.63, 3.8) is 0 Å². The molecule has 7 heteroatoms. The lowest BCUT2D eigenvalue weighted by Crippen LogP contribution is -2.13. The van der Waals surface area contributed by atoms with E-state index in [1.807, 2.05) is 31.2 Å². The summed E-state index contributed by atoms with van der Waals surface area (Å²) in [5.41, 5.74) is 2.07. The van der Waals surface area contributed by atoms with E-state index in [-0.39, 0.29) is 24.4 Å². The van der Waals surface area contributed by atoms with Gasteiger partial charge in [0.25, 0.3) is 0 Å². The van der Waals surface area contributed by atoms with Gasteiger partial charge in [-0.05, 0) is 30.7 Å². The highest BCUT2D eigenvalue weighted by Gasteiger charge is 2.13. The molecule has 0 aliphatic heterocycles. The van der Waals surface area contributed by atoms with Crippen molar-refractivity contribution >= 4 is 27.5 Å². The predicted molar refractivity (Wildman–Crippen MR) is 95.5 cm³/mol. The maximum absolute atomic E-state index is 13.7. The number of halogens is 2. The van der Waals surface area contributed by atoms with Crippen LogP contribution in [0.5, 0.6) is 0 Å². The largest absolute Gasteiger partial charge is 0.339 e. The summed E-state index contributed by atoms with van der Waals surface area (Å²) >= 11 is 3.17. The van der Waals surface area contributed by atoms with Gasteiger partial charge in [0.05, 0.1) is 5.69 Å². The summed E-state index contributed by atoms with van der Waals surface area (Å²) in [6.45, 7) is 1.96. The summed E-state index contributed by atoms with van der Waals surface area (Å²) < 4.78 is 19.5. The van der Waals surface area contributed by atoms with Crippen molar-refractivity contribution in [1.29, 1.82) is 0 Å². The van der Waals surface area contributed by atoms with Crippen LogP contribution >= 0.6 is 15.9 Å². The lowest BCUT2D eigenvalue weighted by Gasteiger charge is -2.05. The van der Waals surface area contributed by atoms with E-state index in [9.17, 15) is 9.18 Å². The van der Waals surface area contributed by atoms with E-state index >= 15 is 0 Å². The number of hydrogen-bond donors (Lipinski definition) is 1. The molecule has 1 N–H and O–H groups in total. The normalized spacial score (nSPS) is 10.7. The number of carbonyl (C=O) groups excluding carboxylic acids is 1. The van der Waals surface area contributed by atoms with Gasteiger partial charge in [-0.15, -0.1) is 0 Å². The zero-order valence-electron chi connectivity index (χ0n) is 13.4. The van der Waals surface area contributed by atoms with Crippen LogP contribution in [-0.4, -0.2) is 16.0 Å². The molecule has 0 radical (unpaired) electrons. The zero-order valence-corrected chi connectivity index (χ0v) is 15.0. The number of anilines is 1. The van der Waals surface area contributed by atoms with E-state index in [4.69, 9.17) is 4.52 Å². The van der Waals surface area contributed by atoms with Crippen LogP contribution in [0.4, 0.5) is 10.1 Å². The minimum atomic E-state index is -0.498. The Morgan fingerprint density at radius 1 is 1.28 bits per heavy atom. The number of aryl methyl sites for hydroxylation is 2. The van der Waals surface area contributed by atoms with Crippen molar-refractivity contribution in [3.05, 3.63) is 64.2 Å². The Hall–Kier alpha value is -2.54. The average Bonchev–Trinajstić information content (AvgIpc) is 3.05. The molecule has 0 fully saturated rings. The predicted octanol–water partition coefficient (Wildman–Crippen LogP) is 4.52. The second-order valence-electron chi connectivity index (χ2n) is 5.50. The summed E-state index contributed by atoms with van der Waals surface area (Å²) in [5, 5.41) is 6.48. The molecule has 0 unspecified atom stereocenters. The number of aromatic nitrogens is 2. The van der Waals surface area contributed by atoms with Gasteiger partial charge in [-0.3, -0.25) is 4.79 Å². The maximum Gasteiger partial charge on any atom is 0.227 e. The molecule has 2 aromatic carbocycles. The standard InChI is InChI=1S/C18H15BrFN3O2/c1-11-4-2-3-5-13(11)18-22-17(25-23-18)9-8-16(24)21-15-7-6-12(19)10-14(15)20/h2-7,10H,8-9H2,1H3,(H,21,24). The first-order valence-electron chi connectivity index (χ1n) is 7.66. The van der Waals surface area contributed by atoms with Crippen molar-refractivity contribution in [3.8, 4) is 11.4 Å². The van der Waals surface area contributed by atoms with Gasteiger partial charge < -0.3 is 9.84 Å². The molecule has 0 atom stereocenters. The summed E-state index contributed by atoms with van der Waals surface area (Å²) in [4.78, 5) is 16.3. The van der Waals surface area contributed by atoms with Crippen LogP contribution in [0.15, 0.2) is 51.5 Å². The summed E-state index contributed by atoms with van der Waals surface area (Å²) in [5.74, 6) is 0.0383. The highest BCUT2D eigenvalue weighted by Crippen LogP contribution is 2.21. The number of benzene rings is 2. The molecular weight excluding hydrogens is 389 g/mol. The van der Waals surface area contributed by atoms with Crippen molar-refractivity contribution < 1.29 is 13.7 Å². The first-order valence-corrected chi connectivity index (χ1v) is 8.46. The van der Waals surface area contributed by atoms with Crippen molar-refractivity contribution in [1.82, 2.24) is 10.1 Å². The third-order valence-electron chi connectivity index (χ3n) is 3.63. The van der Waals surface area contributed by atoms with Crippen LogP contribution < -0.4 is 5.32 Å². The van der Waals surface area contributed by atoms with E-state index in [0.29, 0.717) is 16.2 Å². The number of nitrogens with one attached hydrogen (secondary N) is 1. The Morgan fingerprint density at radius 2 is 2.08 bits per heavy atom. The maximum atomic E-state index is 13.7. The molecule has 0 saturated heterocycles. The molecule has 25 heavy (non-hydrogen) atoms. The van der Waals surface area contributed by atoms with Gasteiger partial charge in [-0.2, -0.15) is 4.98 Å². The van der Waals surface area contributed by atoms with Crippen LogP contribution in [0.3, 0.4) is 0 Å². The molecule has 0 aliphatic rings. The number of nitrogens with zero attached hydrogens (tertiary/aromatic N) is 2. The molecule has 3 aromatic rings. The fourth-order valence-electron chi connectivity index (χ4n) is 2.31. The SMILES string of the molecule is Cc1ccccc1-c1noc(CCC(=O)Nc2ccc(Br)cc2F)n1. The van der Waals surface area contributed by atoms with E-state index in [1.165, 1.54) is 12.1 Å². The van der Waals surface area contributed by atoms with Gasteiger partial charge >= 0.3 is 0 Å². The molecular formula is C18H15BrFN3O2. The lowest BCUT2D eigenvalue weighted by molar-refractivity contribution is -0.116. The molecule has 1 aromatic heterocycles. The smallest absolute Gasteiger partial charge is 0.227 e. The van der Waals surface area contributed by atoms with Gasteiger partial charge in [0, 0.05) is 22.9 Å². The number of rotatable bonds is 5. The monoisotopic (exact) mass is 403 g/mol. The molecule has 1 heterocycles. The molecule has 0 bridgehead atoms. The van der Waals surface area contributed by atoms with E-state index in [0.717, 1.165) is 11.1 Å². The third-order valence-corrected chi connectivity index (χ3v) is 4.12. The third kappa shape index (κ3) is 4.30. The summed E-state index contributed by atoms with van der Waals surface area (Å²) in [6.07, 6.45) is 0.397. The number of carbonyl (C=O) groups is 1. The number of amides is 1. The fourth-order valence-corrected chi connectivity index (χ4v) is 2.65. The molecule has 3 rings (SSSR count). The lowest BCUT2D eigenvalue weighted by atomic mass is 10.1. The van der Waals surface area contributed by atoms with Gasteiger partial charge in [0.2, 0.25) is 17.6 Å². The van der Waals surface area contributed by atoms with Crippen molar-refractivity contribution in [2.45, 2.75) is 19.8 Å². The zero-order chi connectivity index (χ0) is 17.8. The van der Waals surface area contributed by atoms with Crippen LogP contribution in [-0.2, 0) is 11.2 Å². The van der Waals surface area contributed by atoms with Crippen molar-refractivity contribution in [2.24, 2.45) is 0 Å². The Morgan fingerprint density at radius 3 is 2.84 bits per heavy atom. The van der Waals surface area contributed by atoms with Crippen LogP contribution in [0, 0.1) is 12.7 Å². The second-order valence-corrected chi connectivity index (χ2v) is 6.41. The Balaban J connectivity index is 1.60. The Bertz CT molecular complexity index is 911. The molecule has 1 amide bonds. The van der Waals surface area contributed by atoms with Gasteiger partial charge in [-0.1, -0.05) is 45.4 Å². The van der Waals surface area contributed by atoms with Gasteiger partial charge in [-0.25, -0.2) is 4.39 Å². The summed E-state index contributed by atoms with van der Waals surface area (Å²) in [7, 11) is 0. The summed E-state index contributed by atoms with van der Waals surface area (Å²) in [6, 6.07) is 12.2. The van der Waals surface area contributed by atoms with E-state index < -0.39 is 5.82 Å². The first-order chi connectivity index (χ1) is 12.0. The van der Waals surface area contributed by atoms with Crippen LogP contribution in [0.25, 0.3) is 11.4 Å². The Kier molecular flexibility index (Phi) is 5.23. The van der Waals surface area contributed by atoms with Crippen LogP contribution in [0.2, 0.25) is 0 Å². The topological polar surface area (TPSA) is 68.0 Å². The minimum absolute atomic E-state index is 0.116. The molecule has 0 spiro atoms. The Labute approximate surface area is 152 Å². The first kappa shape index (κ1) is 17.3. The average molecular weight is 404 g/mol. The molecule has 5 nitrogen and oxygen atoms in total. The number of hydrogen-bond acceptors (Lipinski definition) is 4. The second kappa shape index (κ2) is 7.57. The highest BCUT2D eigenvalue weighted by molar-refractivity contribution is 9.10. The van der Waals surface area contributed by atoms with Gasteiger partial charge in [0.15, 0.2) is 0 Å². The van der Waals surface area contributed by atoms with Crippen LogP contribution in [0.1, 0.15) is 17.9 Å². The molecule has 0 aliphatic carbocycles. The quantitative estimate of drug-likeness (QED) is 0.679.